The van der Waals surface area contributed by atoms with E-state index in [1.165, 1.54) is 7.11 Å². The van der Waals surface area contributed by atoms with Crippen LogP contribution in [0.15, 0.2) is 66.2 Å². The molecule has 1 heterocycles. The number of fused-ring (bicyclic) bond motifs is 1. The molecule has 2 aliphatic rings. The lowest BCUT2D eigenvalue weighted by Gasteiger charge is -2.34. The third-order valence-corrected chi connectivity index (χ3v) is 10.6. The zero-order valence-corrected chi connectivity index (χ0v) is 33.1. The van der Waals surface area contributed by atoms with Gasteiger partial charge in [0.1, 0.15) is 35.7 Å². The number of rotatable bonds is 15. The van der Waals surface area contributed by atoms with Crippen LogP contribution in [0.3, 0.4) is 0 Å². The summed E-state index contributed by atoms with van der Waals surface area (Å²) in [6.45, 7) is 7.19. The van der Waals surface area contributed by atoms with Crippen molar-refractivity contribution in [3.8, 4) is 22.8 Å². The Morgan fingerprint density at radius 3 is 2.27 bits per heavy atom. The number of aromatic nitrogens is 1. The summed E-state index contributed by atoms with van der Waals surface area (Å²) in [4.78, 5) is 72.1. The molecule has 3 aromatic rings. The number of hydrogen-bond acceptors (Lipinski definition) is 9. The van der Waals surface area contributed by atoms with Crippen LogP contribution in [0.1, 0.15) is 79.1 Å². The number of aliphatic carboxylic acids is 1. The van der Waals surface area contributed by atoms with Crippen LogP contribution in [0.2, 0.25) is 0 Å². The highest BCUT2D eigenvalue weighted by Gasteiger charge is 2.42. The molecule has 0 spiro atoms. The van der Waals surface area contributed by atoms with E-state index in [1.54, 1.807) is 52.2 Å². The lowest BCUT2D eigenvalue weighted by atomic mass is 9.82. The largest absolute Gasteiger partial charge is 0.497 e. The SMILES string of the molecule is CCC[C@H](NC(=O)[C@H]1C[C@H](Oc2cc(-c3ccccc3)nc3cc(OC)ccc23)C=C1C(=O)N[C@H](C(=O)N[C@H](C(=O)OC)C1CCCCC1)C(C)(C)C)C(=O)O. The second-order valence-electron chi connectivity index (χ2n) is 15.7. The number of benzene rings is 2. The quantitative estimate of drug-likeness (QED) is 0.139. The smallest absolute Gasteiger partial charge is 0.328 e. The molecule has 0 bridgehead atoms. The summed E-state index contributed by atoms with van der Waals surface area (Å²) in [5, 5.41) is 18.9. The number of ether oxygens (including phenoxy) is 3. The fourth-order valence-electron chi connectivity index (χ4n) is 7.54. The molecule has 13 heteroatoms. The summed E-state index contributed by atoms with van der Waals surface area (Å²) < 4.78 is 17.1. The van der Waals surface area contributed by atoms with E-state index >= 15 is 0 Å². The summed E-state index contributed by atoms with van der Waals surface area (Å²) in [5.41, 5.74) is 1.31. The van der Waals surface area contributed by atoms with Crippen molar-refractivity contribution in [2.75, 3.05) is 14.2 Å². The Morgan fingerprint density at radius 1 is 0.929 bits per heavy atom. The lowest BCUT2D eigenvalue weighted by Crippen LogP contribution is -2.58. The molecule has 2 aromatic carbocycles. The fraction of sp³-hybridized carbons (Fsp3) is 0.488. The summed E-state index contributed by atoms with van der Waals surface area (Å²) in [6.07, 6.45) is 5.95. The highest BCUT2D eigenvalue weighted by atomic mass is 16.5. The van der Waals surface area contributed by atoms with E-state index in [9.17, 15) is 29.1 Å². The maximum absolute atomic E-state index is 14.3. The lowest BCUT2D eigenvalue weighted by molar-refractivity contribution is -0.148. The topological polar surface area (TPSA) is 182 Å². The van der Waals surface area contributed by atoms with Crippen LogP contribution in [0.4, 0.5) is 0 Å². The highest BCUT2D eigenvalue weighted by molar-refractivity contribution is 6.04. The van der Waals surface area contributed by atoms with Crippen molar-refractivity contribution in [3.05, 3.63) is 66.2 Å². The molecule has 56 heavy (non-hydrogen) atoms. The molecule has 0 unspecified atom stereocenters. The number of nitrogens with zero attached hydrogens (tertiary/aromatic N) is 1. The van der Waals surface area contributed by atoms with Crippen LogP contribution >= 0.6 is 0 Å². The number of carbonyl (C=O) groups is 5. The van der Waals surface area contributed by atoms with E-state index in [2.05, 4.69) is 16.0 Å². The van der Waals surface area contributed by atoms with E-state index in [0.29, 0.717) is 34.5 Å². The zero-order valence-electron chi connectivity index (χ0n) is 33.1. The molecule has 4 N–H and O–H groups in total. The Balaban J connectivity index is 1.48. The van der Waals surface area contributed by atoms with E-state index in [0.717, 1.165) is 37.7 Å². The number of carboxylic acids is 1. The van der Waals surface area contributed by atoms with Gasteiger partial charge >= 0.3 is 11.9 Å². The van der Waals surface area contributed by atoms with Gasteiger partial charge in [-0.2, -0.15) is 0 Å². The highest BCUT2D eigenvalue weighted by Crippen LogP contribution is 2.37. The van der Waals surface area contributed by atoms with Gasteiger partial charge in [0.2, 0.25) is 17.7 Å². The fourth-order valence-corrected chi connectivity index (χ4v) is 7.54. The minimum absolute atomic E-state index is 0.0200. The minimum atomic E-state index is -1.18. The average molecular weight is 771 g/mol. The maximum Gasteiger partial charge on any atom is 0.328 e. The van der Waals surface area contributed by atoms with Crippen LogP contribution in [0, 0.1) is 17.3 Å². The number of methoxy groups -OCH3 is 2. The van der Waals surface area contributed by atoms with Gasteiger partial charge in [0, 0.05) is 35.1 Å². The van der Waals surface area contributed by atoms with E-state index in [4.69, 9.17) is 19.2 Å². The van der Waals surface area contributed by atoms with Gasteiger partial charge in [0.05, 0.1) is 31.3 Å². The Morgan fingerprint density at radius 2 is 1.64 bits per heavy atom. The van der Waals surface area contributed by atoms with E-state index in [-0.39, 0.29) is 24.3 Å². The van der Waals surface area contributed by atoms with Crippen molar-refractivity contribution >= 4 is 40.6 Å². The van der Waals surface area contributed by atoms with Gasteiger partial charge in [-0.25, -0.2) is 14.6 Å². The maximum atomic E-state index is 14.3. The van der Waals surface area contributed by atoms with Crippen LogP contribution < -0.4 is 25.4 Å². The molecule has 3 amide bonds. The van der Waals surface area contributed by atoms with E-state index in [1.807, 2.05) is 43.3 Å². The number of pyridine rings is 1. The Bertz CT molecular complexity index is 1930. The molecule has 1 aromatic heterocycles. The first-order chi connectivity index (χ1) is 26.7. The monoisotopic (exact) mass is 770 g/mol. The van der Waals surface area contributed by atoms with Crippen LogP contribution in [-0.2, 0) is 28.7 Å². The first-order valence-electron chi connectivity index (χ1n) is 19.4. The van der Waals surface area contributed by atoms with Gasteiger partial charge in [-0.15, -0.1) is 0 Å². The third-order valence-electron chi connectivity index (χ3n) is 10.6. The number of amides is 3. The first-order valence-corrected chi connectivity index (χ1v) is 19.4. The normalized spacial score (nSPS) is 18.9. The van der Waals surface area contributed by atoms with Crippen LogP contribution in [0.25, 0.3) is 22.2 Å². The van der Waals surface area contributed by atoms with Gasteiger partial charge in [0.25, 0.3) is 0 Å². The summed E-state index contributed by atoms with van der Waals surface area (Å²) in [5.74, 6) is -3.76. The predicted octanol–water partition coefficient (Wildman–Crippen LogP) is 5.74. The molecule has 13 nitrogen and oxygen atoms in total. The number of hydrogen-bond donors (Lipinski definition) is 4. The van der Waals surface area contributed by atoms with Crippen molar-refractivity contribution in [1.29, 1.82) is 0 Å². The first kappa shape index (κ1) is 41.7. The standard InChI is InChI=1S/C43H54N4O9/c1-7-14-32(41(51)52)45-38(48)30-21-28(56-35-24-33(25-15-10-8-11-16-25)44-34-23-27(54-5)19-20-29(34)35)22-31(30)39(49)47-37(43(2,3)4)40(50)46-36(42(53)55-6)26-17-12-9-13-18-26/h8,10-11,15-16,19-20,22-24,26,28,30,32,36-37H,7,9,12-14,17-18,21H2,1-6H3,(H,45,48)(H,46,50)(H,47,49)(H,51,52)/t28-,30-,32-,36-,37+/m0/s1. The second-order valence-corrected chi connectivity index (χ2v) is 15.7. The Hall–Kier alpha value is -5.46. The molecule has 0 radical (unpaired) electrons. The zero-order chi connectivity index (χ0) is 40.6. The molecule has 0 aliphatic heterocycles. The van der Waals surface area contributed by atoms with Crippen molar-refractivity contribution < 1.29 is 43.3 Å². The summed E-state index contributed by atoms with van der Waals surface area (Å²) in [6, 6.07) is 13.6. The Labute approximate surface area is 327 Å². The molecule has 5 rings (SSSR count). The predicted molar refractivity (Wildman–Crippen MR) is 211 cm³/mol. The Kier molecular flexibility index (Phi) is 13.7. The minimum Gasteiger partial charge on any atom is -0.497 e. The molecule has 1 saturated carbocycles. The molecular weight excluding hydrogens is 716 g/mol. The number of carboxylic acid groups (broad SMARTS) is 1. The second kappa shape index (κ2) is 18.4. The summed E-state index contributed by atoms with van der Waals surface area (Å²) in [7, 11) is 2.85. The van der Waals surface area contributed by atoms with Gasteiger partial charge in [-0.3, -0.25) is 14.4 Å². The number of nitrogens with one attached hydrogen (secondary N) is 3. The molecule has 5 atom stereocenters. The van der Waals surface area contributed by atoms with Crippen LogP contribution in [0.5, 0.6) is 11.5 Å². The number of esters is 1. The van der Waals surface area contributed by atoms with Crippen molar-refractivity contribution in [2.24, 2.45) is 17.3 Å². The number of carbonyl (C=O) groups excluding carboxylic acids is 4. The summed E-state index contributed by atoms with van der Waals surface area (Å²) >= 11 is 0. The molecule has 1 fully saturated rings. The van der Waals surface area contributed by atoms with Gasteiger partial charge in [-0.05, 0) is 48.8 Å². The van der Waals surface area contributed by atoms with Gasteiger partial charge in [-0.1, -0.05) is 83.7 Å². The van der Waals surface area contributed by atoms with Crippen LogP contribution in [-0.4, -0.2) is 78.2 Å². The third kappa shape index (κ3) is 10.0. The van der Waals surface area contributed by atoms with Crippen molar-refractivity contribution in [2.45, 2.75) is 103 Å². The van der Waals surface area contributed by atoms with Crippen molar-refractivity contribution in [1.82, 2.24) is 20.9 Å². The van der Waals surface area contributed by atoms with E-state index < -0.39 is 65.2 Å². The molecular formula is C43H54N4O9. The molecule has 0 saturated heterocycles. The van der Waals surface area contributed by atoms with Gasteiger partial charge in [0.15, 0.2) is 0 Å². The van der Waals surface area contributed by atoms with Gasteiger partial charge < -0.3 is 35.3 Å². The average Bonchev–Trinajstić information content (AvgIpc) is 3.62. The molecule has 2 aliphatic carbocycles. The molecule has 300 valence electrons. The van der Waals surface area contributed by atoms with Crippen molar-refractivity contribution in [3.63, 3.8) is 0 Å².